The number of nitriles is 2. The Balaban J connectivity index is 0.000000372. The number of benzene rings is 1. The lowest BCUT2D eigenvalue weighted by atomic mass is 10.0. The molecule has 62 heavy (non-hydrogen) atoms. The summed E-state index contributed by atoms with van der Waals surface area (Å²) in [6, 6.07) is 24.0. The van der Waals surface area contributed by atoms with Gasteiger partial charge >= 0.3 is 0 Å². The van der Waals surface area contributed by atoms with E-state index in [1.54, 1.807) is 24.7 Å². The fourth-order valence-electron chi connectivity index (χ4n) is 4.71. The van der Waals surface area contributed by atoms with E-state index < -0.39 is 0 Å². The average Bonchev–Trinajstić information content (AvgIpc) is 3.25. The van der Waals surface area contributed by atoms with Gasteiger partial charge in [0.15, 0.2) is 5.69 Å². The number of aryl methyl sites for hydroxylation is 3. The summed E-state index contributed by atoms with van der Waals surface area (Å²) in [5.74, 6) is 2.94. The Hall–Kier alpha value is -5.90. The molecule has 0 aliphatic rings. The molecule has 0 saturated carbocycles. The molecule has 0 aliphatic carbocycles. The minimum Gasteiger partial charge on any atom is -0.261 e. The van der Waals surface area contributed by atoms with Crippen LogP contribution in [0.25, 0.3) is 0 Å². The molecular weight excluding hydrogens is 786 g/mol. The number of hydrogen-bond donors (Lipinski definition) is 0. The molecule has 0 bridgehead atoms. The lowest BCUT2D eigenvalue weighted by molar-refractivity contribution is 0.807. The molecule has 0 fully saturated rings. The second-order valence-corrected chi connectivity index (χ2v) is 17.0. The van der Waals surface area contributed by atoms with E-state index >= 15 is 0 Å². The first-order chi connectivity index (χ1) is 29.3. The minimum absolute atomic E-state index is 0.370. The molecule has 6 aromatic rings. The van der Waals surface area contributed by atoms with Gasteiger partial charge in [0.2, 0.25) is 0 Å². The van der Waals surface area contributed by atoms with E-state index in [0.717, 1.165) is 27.8 Å². The summed E-state index contributed by atoms with van der Waals surface area (Å²) in [6.45, 7) is 31.4. The van der Waals surface area contributed by atoms with Crippen molar-refractivity contribution in [1.29, 1.82) is 10.5 Å². The standard InChI is InChI=1S/C9H11Cl.C9H10N2.2C9H13N.C8H9N3.C8H12N2/c1-7(2)8-4-3-5-9(10)6-8;1-7(2)9-4-3-8(5-10)6-11-9;2*1-7(2)9-5-4-8(3)6-10-9;1-6(2)8-5-10-7(3-9)4-11-8;1-6(2)8-5-9-7(3)4-10-8/h3-7H,1-2H3;3-4,6-7H,1-2H3;2*4-7H,1-3H3;4-6H,1-2H3;4-6H,1-3H3. The Morgan fingerprint density at radius 2 is 0.855 bits per heavy atom. The van der Waals surface area contributed by atoms with Crippen LogP contribution in [0.4, 0.5) is 0 Å². The summed E-state index contributed by atoms with van der Waals surface area (Å²) in [6.07, 6.45) is 12.2. The summed E-state index contributed by atoms with van der Waals surface area (Å²) >= 11 is 5.79. The van der Waals surface area contributed by atoms with Crippen molar-refractivity contribution in [2.24, 2.45) is 0 Å². The highest BCUT2D eigenvalue weighted by Crippen LogP contribution is 2.18. The molecule has 5 aromatic heterocycles. The van der Waals surface area contributed by atoms with Crippen molar-refractivity contribution in [2.75, 3.05) is 0 Å². The van der Waals surface area contributed by atoms with E-state index in [1.807, 2.05) is 75.8 Å². The Morgan fingerprint density at radius 1 is 0.419 bits per heavy atom. The highest BCUT2D eigenvalue weighted by atomic mass is 35.5. The molecule has 0 aliphatic heterocycles. The number of pyridine rings is 3. The van der Waals surface area contributed by atoms with Crippen LogP contribution in [0, 0.1) is 43.4 Å². The molecule has 0 amide bonds. The molecule has 0 saturated heterocycles. The van der Waals surface area contributed by atoms with Crippen LogP contribution < -0.4 is 0 Å². The highest BCUT2D eigenvalue weighted by Gasteiger charge is 2.02. The second kappa shape index (κ2) is 29.4. The van der Waals surface area contributed by atoms with Crippen molar-refractivity contribution in [3.8, 4) is 12.1 Å². The number of hydrogen-bond acceptors (Lipinski definition) is 9. The van der Waals surface area contributed by atoms with E-state index in [-0.39, 0.29) is 0 Å². The van der Waals surface area contributed by atoms with Crippen LogP contribution >= 0.6 is 11.6 Å². The summed E-state index contributed by atoms with van der Waals surface area (Å²) in [7, 11) is 0. The normalized spacial score (nSPS) is 10.1. The van der Waals surface area contributed by atoms with Crippen LogP contribution in [-0.2, 0) is 0 Å². The SMILES string of the molecule is CC(C)c1ccc(C#N)cn1.CC(C)c1cccc(Cl)c1.CC(C)c1cnc(C#N)cn1.Cc1ccc(C(C)C)nc1.Cc1ccc(C(C)C)nc1.Cc1cnc(C(C)C)cn1. The molecule has 9 nitrogen and oxygen atoms in total. The van der Waals surface area contributed by atoms with Crippen molar-refractivity contribution in [1.82, 2.24) is 34.9 Å². The monoisotopic (exact) mass is 854 g/mol. The predicted molar refractivity (Wildman–Crippen MR) is 256 cm³/mol. The first kappa shape index (κ1) is 54.1. The Labute approximate surface area is 378 Å². The summed E-state index contributed by atoms with van der Waals surface area (Å²) < 4.78 is 0. The van der Waals surface area contributed by atoms with Crippen LogP contribution in [0.5, 0.6) is 0 Å². The van der Waals surface area contributed by atoms with Gasteiger partial charge in [-0.1, -0.05) is 119 Å². The summed E-state index contributed by atoms with van der Waals surface area (Å²) in [4.78, 5) is 29.0. The minimum atomic E-state index is 0.370. The molecule has 10 heteroatoms. The fraction of sp³-hybridized carbons (Fsp3) is 0.404. The van der Waals surface area contributed by atoms with Crippen molar-refractivity contribution in [2.45, 2.75) is 139 Å². The van der Waals surface area contributed by atoms with E-state index in [2.05, 4.69) is 148 Å². The molecule has 1 aromatic carbocycles. The van der Waals surface area contributed by atoms with E-state index in [1.165, 1.54) is 34.3 Å². The molecule has 0 N–H and O–H groups in total. The van der Waals surface area contributed by atoms with Gasteiger partial charge in [0.1, 0.15) is 12.1 Å². The average molecular weight is 855 g/mol. The maximum Gasteiger partial charge on any atom is 0.158 e. The van der Waals surface area contributed by atoms with Gasteiger partial charge in [0.25, 0.3) is 0 Å². The highest BCUT2D eigenvalue weighted by molar-refractivity contribution is 6.30. The van der Waals surface area contributed by atoms with Gasteiger partial charge < -0.3 is 0 Å². The lowest BCUT2D eigenvalue weighted by Crippen LogP contribution is -1.94. The number of halogens is 1. The maximum atomic E-state index is 8.48. The zero-order chi connectivity index (χ0) is 46.8. The van der Waals surface area contributed by atoms with Crippen molar-refractivity contribution < 1.29 is 0 Å². The van der Waals surface area contributed by atoms with Gasteiger partial charge in [-0.25, -0.2) is 4.98 Å². The van der Waals surface area contributed by atoms with E-state index in [0.29, 0.717) is 46.8 Å². The first-order valence-electron chi connectivity index (χ1n) is 21.2. The summed E-state index contributed by atoms with van der Waals surface area (Å²) in [5, 5.41) is 17.7. The number of nitrogens with zero attached hydrogens (tertiary/aromatic N) is 9. The van der Waals surface area contributed by atoms with Gasteiger partial charge in [0.05, 0.1) is 35.0 Å². The molecular formula is C52H68ClN9. The fourth-order valence-corrected chi connectivity index (χ4v) is 4.91. The van der Waals surface area contributed by atoms with Gasteiger partial charge in [0, 0.05) is 53.1 Å². The van der Waals surface area contributed by atoms with Crippen LogP contribution in [0.1, 0.15) is 181 Å². The maximum absolute atomic E-state index is 8.48. The first-order valence-corrected chi connectivity index (χ1v) is 21.6. The van der Waals surface area contributed by atoms with Gasteiger partial charge in [-0.05, 0) is 109 Å². The predicted octanol–water partition coefficient (Wildman–Crippen LogP) is 13.9. The van der Waals surface area contributed by atoms with Gasteiger partial charge in [-0.3, -0.25) is 29.9 Å². The molecule has 6 rings (SSSR count). The third-order valence-corrected chi connectivity index (χ3v) is 9.08. The Morgan fingerprint density at radius 3 is 1.15 bits per heavy atom. The van der Waals surface area contributed by atoms with Gasteiger partial charge in [-0.2, -0.15) is 10.5 Å². The quantitative estimate of drug-likeness (QED) is 0.160. The molecule has 0 unspecified atom stereocenters. The third kappa shape index (κ3) is 22.6. The van der Waals surface area contributed by atoms with Gasteiger partial charge in [-0.15, -0.1) is 0 Å². The molecule has 0 atom stereocenters. The van der Waals surface area contributed by atoms with Crippen LogP contribution in [0.2, 0.25) is 5.02 Å². The lowest BCUT2D eigenvalue weighted by Gasteiger charge is -2.03. The molecule has 0 spiro atoms. The number of rotatable bonds is 6. The Bertz CT molecular complexity index is 2000. The third-order valence-electron chi connectivity index (χ3n) is 8.84. The van der Waals surface area contributed by atoms with E-state index in [4.69, 9.17) is 22.1 Å². The van der Waals surface area contributed by atoms with Crippen molar-refractivity contribution >= 4 is 11.6 Å². The van der Waals surface area contributed by atoms with Crippen molar-refractivity contribution in [3.63, 3.8) is 0 Å². The molecule has 5 heterocycles. The zero-order valence-corrected chi connectivity index (χ0v) is 40.4. The van der Waals surface area contributed by atoms with Crippen molar-refractivity contribution in [3.05, 3.63) is 171 Å². The van der Waals surface area contributed by atoms with E-state index in [9.17, 15) is 0 Å². The van der Waals surface area contributed by atoms with Crippen LogP contribution in [-0.4, -0.2) is 34.9 Å². The number of aromatic nitrogens is 7. The second-order valence-electron chi connectivity index (χ2n) is 16.6. The van der Waals surface area contributed by atoms with Crippen LogP contribution in [0.15, 0.2) is 104 Å². The van der Waals surface area contributed by atoms with Crippen LogP contribution in [0.3, 0.4) is 0 Å². The zero-order valence-electron chi connectivity index (χ0n) is 39.7. The smallest absolute Gasteiger partial charge is 0.158 e. The summed E-state index contributed by atoms with van der Waals surface area (Å²) in [5.41, 5.74) is 11.1. The largest absolute Gasteiger partial charge is 0.261 e. The topological polar surface area (TPSA) is 138 Å². The molecule has 0 radical (unpaired) electrons. The Kier molecular flexibility index (Phi) is 25.6. The molecule has 328 valence electrons.